The first kappa shape index (κ1) is 13.8. The van der Waals surface area contributed by atoms with E-state index < -0.39 is 0 Å². The monoisotopic (exact) mass is 244 g/mol. The first-order chi connectivity index (χ1) is 7.60. The Morgan fingerprint density at radius 1 is 1.56 bits per heavy atom. The summed E-state index contributed by atoms with van der Waals surface area (Å²) in [5, 5.41) is 3.32. The lowest BCUT2D eigenvalue weighted by molar-refractivity contribution is -0.130. The predicted octanol–water partition coefficient (Wildman–Crippen LogP) is 1.79. The van der Waals surface area contributed by atoms with Crippen molar-refractivity contribution in [3.63, 3.8) is 0 Å². The van der Waals surface area contributed by atoms with Crippen molar-refractivity contribution in [3.8, 4) is 0 Å². The molecular weight excluding hydrogens is 220 g/mol. The maximum absolute atomic E-state index is 12.1. The van der Waals surface area contributed by atoms with E-state index in [1.807, 2.05) is 16.7 Å². The van der Waals surface area contributed by atoms with Gasteiger partial charge in [0.15, 0.2) is 0 Å². The molecule has 16 heavy (non-hydrogen) atoms. The third kappa shape index (κ3) is 3.39. The molecule has 1 rings (SSSR count). The Hall–Kier alpha value is -0.220. The number of hydrogen-bond acceptors (Lipinski definition) is 3. The number of thioether (sulfide) groups is 1. The molecule has 0 bridgehead atoms. The first-order valence-electron chi connectivity index (χ1n) is 6.11. The van der Waals surface area contributed by atoms with Crippen LogP contribution in [0, 0.1) is 11.8 Å². The zero-order valence-electron chi connectivity index (χ0n) is 10.8. The van der Waals surface area contributed by atoms with Gasteiger partial charge in [-0.1, -0.05) is 27.2 Å². The Balaban J connectivity index is 2.44. The summed E-state index contributed by atoms with van der Waals surface area (Å²) in [5.41, 5.74) is 0. The lowest BCUT2D eigenvalue weighted by Gasteiger charge is -2.21. The second kappa shape index (κ2) is 6.50. The summed E-state index contributed by atoms with van der Waals surface area (Å²) in [5.74, 6) is 2.43. The molecule has 0 aromatic heterocycles. The van der Waals surface area contributed by atoms with E-state index in [-0.39, 0.29) is 6.04 Å². The fourth-order valence-corrected chi connectivity index (χ4v) is 2.79. The Morgan fingerprint density at radius 2 is 2.25 bits per heavy atom. The summed E-state index contributed by atoms with van der Waals surface area (Å²) in [6, 6.07) is 0.0477. The van der Waals surface area contributed by atoms with E-state index in [0.29, 0.717) is 17.7 Å². The normalized spacial score (nSPS) is 24.9. The molecule has 1 aliphatic heterocycles. The summed E-state index contributed by atoms with van der Waals surface area (Å²) in [6.45, 7) is 8.11. The summed E-state index contributed by atoms with van der Waals surface area (Å²) in [6.07, 6.45) is 3.17. The molecule has 0 radical (unpaired) electrons. The number of nitrogens with zero attached hydrogens (tertiary/aromatic N) is 1. The number of rotatable bonds is 6. The Bertz CT molecular complexity index is 235. The Kier molecular flexibility index (Phi) is 5.62. The average molecular weight is 244 g/mol. The van der Waals surface area contributed by atoms with E-state index in [1.54, 1.807) is 0 Å². The van der Waals surface area contributed by atoms with Crippen LogP contribution in [0.4, 0.5) is 0 Å². The third-order valence-corrected chi connectivity index (χ3v) is 4.18. The van der Waals surface area contributed by atoms with Gasteiger partial charge in [0.2, 0.25) is 5.91 Å². The number of nitrogens with one attached hydrogen (secondary N) is 1. The highest BCUT2D eigenvalue weighted by atomic mass is 32.2. The number of hydrogen-bond donors (Lipinski definition) is 1. The zero-order chi connectivity index (χ0) is 12.1. The van der Waals surface area contributed by atoms with Crippen molar-refractivity contribution in [2.75, 3.05) is 25.2 Å². The quantitative estimate of drug-likeness (QED) is 0.773. The van der Waals surface area contributed by atoms with Crippen LogP contribution in [-0.4, -0.2) is 42.1 Å². The molecule has 0 aromatic carbocycles. The highest BCUT2D eigenvalue weighted by molar-refractivity contribution is 7.98. The van der Waals surface area contributed by atoms with E-state index in [1.165, 1.54) is 0 Å². The zero-order valence-corrected chi connectivity index (χ0v) is 11.6. The van der Waals surface area contributed by atoms with Gasteiger partial charge < -0.3 is 4.90 Å². The largest absolute Gasteiger partial charge is 0.328 e. The molecule has 4 heteroatoms. The minimum Gasteiger partial charge on any atom is -0.328 e. The molecule has 94 valence electrons. The van der Waals surface area contributed by atoms with E-state index in [0.717, 1.165) is 25.4 Å². The smallest absolute Gasteiger partial charge is 0.241 e. The van der Waals surface area contributed by atoms with Crippen LogP contribution >= 0.6 is 11.8 Å². The molecule has 1 fully saturated rings. The van der Waals surface area contributed by atoms with Gasteiger partial charge in [0.25, 0.3) is 0 Å². The van der Waals surface area contributed by atoms with Gasteiger partial charge in [-0.3, -0.25) is 10.1 Å². The molecule has 0 spiro atoms. The first-order valence-corrected chi connectivity index (χ1v) is 7.50. The van der Waals surface area contributed by atoms with E-state index in [4.69, 9.17) is 0 Å². The number of carbonyl (C=O) groups excluding carboxylic acids is 1. The fraction of sp³-hybridized carbons (Fsp3) is 0.917. The van der Waals surface area contributed by atoms with Gasteiger partial charge in [0, 0.05) is 6.54 Å². The van der Waals surface area contributed by atoms with Crippen LogP contribution in [0.5, 0.6) is 0 Å². The van der Waals surface area contributed by atoms with Gasteiger partial charge in [-0.15, -0.1) is 0 Å². The van der Waals surface area contributed by atoms with Gasteiger partial charge in [-0.2, -0.15) is 11.8 Å². The van der Waals surface area contributed by atoms with Gasteiger partial charge in [-0.25, -0.2) is 0 Å². The Labute approximate surface area is 103 Å². The maximum atomic E-state index is 12.1. The summed E-state index contributed by atoms with van der Waals surface area (Å²) >= 11 is 1.85. The molecule has 0 aliphatic carbocycles. The second-order valence-electron chi connectivity index (χ2n) is 4.85. The topological polar surface area (TPSA) is 32.3 Å². The molecular formula is C12H24N2OS. The molecule has 1 heterocycles. The molecule has 0 aromatic rings. The van der Waals surface area contributed by atoms with Gasteiger partial charge in [0.05, 0.1) is 12.7 Å². The fourth-order valence-electron chi connectivity index (χ4n) is 2.12. The summed E-state index contributed by atoms with van der Waals surface area (Å²) in [7, 11) is 0. The molecule has 1 saturated heterocycles. The van der Waals surface area contributed by atoms with Crippen molar-refractivity contribution in [1.82, 2.24) is 10.2 Å². The van der Waals surface area contributed by atoms with Gasteiger partial charge in [-0.05, 0) is 23.8 Å². The van der Waals surface area contributed by atoms with Crippen LogP contribution in [0.2, 0.25) is 0 Å². The van der Waals surface area contributed by atoms with Crippen LogP contribution in [0.1, 0.15) is 27.2 Å². The summed E-state index contributed by atoms with van der Waals surface area (Å²) in [4.78, 5) is 14.1. The lowest BCUT2D eigenvalue weighted by Crippen LogP contribution is -2.37. The lowest BCUT2D eigenvalue weighted by atomic mass is 9.99. The highest BCUT2D eigenvalue weighted by Gasteiger charge is 2.34. The van der Waals surface area contributed by atoms with Crippen molar-refractivity contribution < 1.29 is 4.79 Å². The molecule has 3 nitrogen and oxygen atoms in total. The summed E-state index contributed by atoms with van der Waals surface area (Å²) < 4.78 is 0. The van der Waals surface area contributed by atoms with E-state index >= 15 is 0 Å². The molecule has 3 atom stereocenters. The van der Waals surface area contributed by atoms with Crippen molar-refractivity contribution in [2.24, 2.45) is 11.8 Å². The second-order valence-corrected chi connectivity index (χ2v) is 5.76. The van der Waals surface area contributed by atoms with Crippen molar-refractivity contribution in [2.45, 2.75) is 33.2 Å². The van der Waals surface area contributed by atoms with Crippen molar-refractivity contribution in [3.05, 3.63) is 0 Å². The van der Waals surface area contributed by atoms with E-state index in [2.05, 4.69) is 32.3 Å². The maximum Gasteiger partial charge on any atom is 0.241 e. The average Bonchev–Trinajstić information content (AvgIpc) is 2.60. The van der Waals surface area contributed by atoms with Gasteiger partial charge >= 0.3 is 0 Å². The van der Waals surface area contributed by atoms with Crippen LogP contribution in [0.3, 0.4) is 0 Å². The van der Waals surface area contributed by atoms with Crippen LogP contribution in [0.25, 0.3) is 0 Å². The SMILES string of the molecule is CCC(C)C1NCN(CC(C)CSC)C1=O. The van der Waals surface area contributed by atoms with Gasteiger partial charge in [0.1, 0.15) is 0 Å². The number of carbonyl (C=O) groups is 1. The molecule has 1 amide bonds. The van der Waals surface area contributed by atoms with Crippen LogP contribution < -0.4 is 5.32 Å². The molecule has 3 unspecified atom stereocenters. The van der Waals surface area contributed by atoms with Crippen LogP contribution in [0.15, 0.2) is 0 Å². The predicted molar refractivity (Wildman–Crippen MR) is 70.5 cm³/mol. The van der Waals surface area contributed by atoms with E-state index in [9.17, 15) is 4.79 Å². The molecule has 0 saturated carbocycles. The van der Waals surface area contributed by atoms with Crippen molar-refractivity contribution >= 4 is 17.7 Å². The number of amides is 1. The third-order valence-electron chi connectivity index (χ3n) is 3.28. The van der Waals surface area contributed by atoms with Crippen LogP contribution in [-0.2, 0) is 4.79 Å². The minimum absolute atomic E-state index is 0.0477. The van der Waals surface area contributed by atoms with Crippen molar-refractivity contribution in [1.29, 1.82) is 0 Å². The molecule has 1 N–H and O–H groups in total. The Morgan fingerprint density at radius 3 is 2.81 bits per heavy atom. The standard InChI is InChI=1S/C12H24N2OS/c1-5-10(3)11-12(15)14(8-13-11)6-9(2)7-16-4/h9-11,13H,5-8H2,1-4H3. The molecule has 1 aliphatic rings. The highest BCUT2D eigenvalue weighted by Crippen LogP contribution is 2.17. The minimum atomic E-state index is 0.0477.